The maximum absolute atomic E-state index is 12.8. The number of aromatic nitrogens is 2. The number of hydrogen-bond donors (Lipinski definition) is 2. The minimum Gasteiger partial charge on any atom is -0.369 e. The lowest BCUT2D eigenvalue weighted by molar-refractivity contribution is -0.137. The number of aryl methyl sites for hydroxylation is 1. The third-order valence-electron chi connectivity index (χ3n) is 5.43. The number of alkyl halides is 3. The Morgan fingerprint density at radius 1 is 1.16 bits per heavy atom. The van der Waals surface area contributed by atoms with E-state index in [9.17, 15) is 18.0 Å². The number of amides is 1. The molecule has 1 aromatic heterocycles. The quantitative estimate of drug-likeness (QED) is 0.651. The van der Waals surface area contributed by atoms with E-state index in [1.807, 2.05) is 6.07 Å². The van der Waals surface area contributed by atoms with Crippen molar-refractivity contribution in [1.82, 2.24) is 9.97 Å². The fourth-order valence-electron chi connectivity index (χ4n) is 3.96. The van der Waals surface area contributed by atoms with Crippen molar-refractivity contribution < 1.29 is 18.0 Å². The highest BCUT2D eigenvalue weighted by atomic mass is 19.4. The largest absolute Gasteiger partial charge is 0.416 e. The van der Waals surface area contributed by atoms with Gasteiger partial charge < -0.3 is 16.0 Å². The molecule has 162 valence electrons. The minimum atomic E-state index is -4.35. The molecule has 9 heteroatoms. The molecule has 6 nitrogen and oxygen atoms in total. The summed E-state index contributed by atoms with van der Waals surface area (Å²) in [5.41, 5.74) is 6.42. The summed E-state index contributed by atoms with van der Waals surface area (Å²) in [6.07, 6.45) is -2.58. The molecule has 3 N–H and O–H groups in total. The monoisotopic (exact) mass is 429 g/mol. The lowest BCUT2D eigenvalue weighted by Gasteiger charge is -2.35. The van der Waals surface area contributed by atoms with E-state index < -0.39 is 17.6 Å². The summed E-state index contributed by atoms with van der Waals surface area (Å²) in [5, 5.41) is 4.14. The zero-order valence-corrected chi connectivity index (χ0v) is 16.9. The number of para-hydroxylation sites is 1. The van der Waals surface area contributed by atoms with Crippen LogP contribution in [0.5, 0.6) is 0 Å². The molecule has 1 amide bonds. The molecular weight excluding hydrogens is 407 g/mol. The molecule has 0 spiro atoms. The van der Waals surface area contributed by atoms with E-state index in [0.717, 1.165) is 37.2 Å². The van der Waals surface area contributed by atoms with Gasteiger partial charge >= 0.3 is 6.18 Å². The second-order valence-corrected chi connectivity index (χ2v) is 7.66. The number of nitrogens with two attached hydrogens (primary N) is 1. The Hall–Kier alpha value is -3.36. The first-order valence-corrected chi connectivity index (χ1v) is 9.98. The molecule has 1 saturated heterocycles. The lowest BCUT2D eigenvalue weighted by atomic mass is 10.0. The number of benzene rings is 2. The molecule has 1 atom stereocenters. The van der Waals surface area contributed by atoms with Crippen molar-refractivity contribution in [2.75, 3.05) is 23.3 Å². The van der Waals surface area contributed by atoms with Crippen molar-refractivity contribution in [2.24, 2.45) is 5.73 Å². The third-order valence-corrected chi connectivity index (χ3v) is 5.43. The van der Waals surface area contributed by atoms with Crippen LogP contribution in [-0.4, -0.2) is 35.0 Å². The number of carbonyl (C=O) groups excluding carboxylic acids is 1. The Labute approximate surface area is 177 Å². The minimum absolute atomic E-state index is 0.0331. The van der Waals surface area contributed by atoms with E-state index in [2.05, 4.69) is 20.2 Å². The molecule has 0 saturated carbocycles. The van der Waals surface area contributed by atoms with Gasteiger partial charge in [0.05, 0.1) is 16.6 Å². The van der Waals surface area contributed by atoms with Gasteiger partial charge in [-0.15, -0.1) is 0 Å². The van der Waals surface area contributed by atoms with Crippen molar-refractivity contribution in [1.29, 1.82) is 0 Å². The molecule has 1 aliphatic rings. The third kappa shape index (κ3) is 4.40. The van der Waals surface area contributed by atoms with Crippen LogP contribution in [0.15, 0.2) is 42.5 Å². The number of piperidine rings is 1. The molecule has 0 aliphatic carbocycles. The normalized spacial score (nSPS) is 17.0. The Bertz CT molecular complexity index is 1110. The number of carbonyl (C=O) groups is 1. The molecule has 1 fully saturated rings. The Morgan fingerprint density at radius 3 is 2.58 bits per heavy atom. The van der Waals surface area contributed by atoms with Gasteiger partial charge in [-0.2, -0.15) is 13.2 Å². The van der Waals surface area contributed by atoms with Crippen LogP contribution in [-0.2, 0) is 6.18 Å². The zero-order valence-electron chi connectivity index (χ0n) is 16.9. The van der Waals surface area contributed by atoms with Crippen LogP contribution < -0.4 is 16.0 Å². The fourth-order valence-corrected chi connectivity index (χ4v) is 3.96. The highest BCUT2D eigenvalue weighted by Crippen LogP contribution is 2.31. The predicted octanol–water partition coefficient (Wildman–Crippen LogP) is 4.14. The van der Waals surface area contributed by atoms with E-state index in [-0.39, 0.29) is 6.04 Å². The van der Waals surface area contributed by atoms with E-state index in [1.54, 1.807) is 19.1 Å². The van der Waals surface area contributed by atoms with Crippen molar-refractivity contribution >= 4 is 28.3 Å². The van der Waals surface area contributed by atoms with Gasteiger partial charge in [0, 0.05) is 30.2 Å². The van der Waals surface area contributed by atoms with Crippen molar-refractivity contribution in [3.63, 3.8) is 0 Å². The summed E-state index contributed by atoms with van der Waals surface area (Å²) in [5.74, 6) is 0.574. The van der Waals surface area contributed by atoms with Crippen LogP contribution in [0.25, 0.3) is 10.9 Å². The molecular formula is C22H22F3N5O. The van der Waals surface area contributed by atoms with Crippen LogP contribution in [0, 0.1) is 6.92 Å². The van der Waals surface area contributed by atoms with Crippen molar-refractivity contribution in [2.45, 2.75) is 32.0 Å². The number of halogens is 3. The molecule has 1 unspecified atom stereocenters. The smallest absolute Gasteiger partial charge is 0.369 e. The van der Waals surface area contributed by atoms with Gasteiger partial charge in [0.25, 0.3) is 5.91 Å². The van der Waals surface area contributed by atoms with Crippen LogP contribution in [0.3, 0.4) is 0 Å². The highest BCUT2D eigenvalue weighted by Gasteiger charge is 2.30. The van der Waals surface area contributed by atoms with E-state index >= 15 is 0 Å². The van der Waals surface area contributed by atoms with Crippen LogP contribution in [0.2, 0.25) is 0 Å². The summed E-state index contributed by atoms with van der Waals surface area (Å²) >= 11 is 0. The fraction of sp³-hybridized carbons (Fsp3) is 0.318. The number of nitrogens with one attached hydrogen (secondary N) is 1. The highest BCUT2D eigenvalue weighted by molar-refractivity contribution is 6.07. The molecule has 2 aromatic carbocycles. The summed E-state index contributed by atoms with van der Waals surface area (Å²) in [4.78, 5) is 22.7. The SMILES string of the molecule is Cc1nc(NC2CCCN(c3ccc(C(F)(F)F)cc3)C2)c2cccc(C(N)=O)c2n1. The van der Waals surface area contributed by atoms with Crippen LogP contribution in [0.1, 0.15) is 34.6 Å². The Kier molecular flexibility index (Phi) is 5.43. The Balaban J connectivity index is 1.57. The molecule has 0 bridgehead atoms. The molecule has 4 rings (SSSR count). The molecule has 3 aromatic rings. The van der Waals surface area contributed by atoms with Gasteiger partial charge in [-0.25, -0.2) is 9.97 Å². The first-order valence-electron chi connectivity index (χ1n) is 9.98. The van der Waals surface area contributed by atoms with Crippen molar-refractivity contribution in [3.05, 3.63) is 59.4 Å². The second kappa shape index (κ2) is 8.05. The number of nitrogens with zero attached hydrogens (tertiary/aromatic N) is 3. The van der Waals surface area contributed by atoms with Crippen LogP contribution >= 0.6 is 0 Å². The number of rotatable bonds is 4. The maximum atomic E-state index is 12.8. The van der Waals surface area contributed by atoms with E-state index in [0.29, 0.717) is 34.7 Å². The second-order valence-electron chi connectivity index (χ2n) is 7.66. The first kappa shape index (κ1) is 20.9. The molecule has 1 aliphatic heterocycles. The summed E-state index contributed by atoms with van der Waals surface area (Å²) < 4.78 is 38.5. The number of primary amides is 1. The van der Waals surface area contributed by atoms with Crippen LogP contribution in [0.4, 0.5) is 24.7 Å². The summed E-state index contributed by atoms with van der Waals surface area (Å²) in [6, 6.07) is 10.5. The summed E-state index contributed by atoms with van der Waals surface area (Å²) in [6.45, 7) is 3.13. The van der Waals surface area contributed by atoms with Gasteiger partial charge in [-0.3, -0.25) is 4.79 Å². The predicted molar refractivity (Wildman–Crippen MR) is 113 cm³/mol. The van der Waals surface area contributed by atoms with Gasteiger partial charge in [0.2, 0.25) is 0 Å². The Morgan fingerprint density at radius 2 is 1.90 bits per heavy atom. The molecule has 2 heterocycles. The maximum Gasteiger partial charge on any atom is 0.416 e. The average molecular weight is 429 g/mol. The number of fused-ring (bicyclic) bond motifs is 1. The topological polar surface area (TPSA) is 84.1 Å². The van der Waals surface area contributed by atoms with Gasteiger partial charge in [-0.05, 0) is 56.2 Å². The van der Waals surface area contributed by atoms with Gasteiger partial charge in [0.1, 0.15) is 11.6 Å². The first-order chi connectivity index (χ1) is 14.7. The number of anilines is 2. The van der Waals surface area contributed by atoms with E-state index in [4.69, 9.17) is 5.73 Å². The van der Waals surface area contributed by atoms with Gasteiger partial charge in [-0.1, -0.05) is 6.07 Å². The molecule has 0 radical (unpaired) electrons. The molecule has 31 heavy (non-hydrogen) atoms. The number of hydrogen-bond acceptors (Lipinski definition) is 5. The summed E-state index contributed by atoms with van der Waals surface area (Å²) in [7, 11) is 0. The standard InChI is InChI=1S/C22H22F3N5O/c1-13-27-19-17(20(26)31)5-2-6-18(19)21(28-13)29-15-4-3-11-30(12-15)16-9-7-14(8-10-16)22(23,24)25/h2,5-10,15H,3-4,11-12H2,1H3,(H2,26,31)(H,27,28,29). The average Bonchev–Trinajstić information content (AvgIpc) is 2.73. The van der Waals surface area contributed by atoms with E-state index in [1.165, 1.54) is 12.1 Å². The van der Waals surface area contributed by atoms with Crippen molar-refractivity contribution in [3.8, 4) is 0 Å². The van der Waals surface area contributed by atoms with Gasteiger partial charge in [0.15, 0.2) is 0 Å². The zero-order chi connectivity index (χ0) is 22.2. The lowest BCUT2D eigenvalue weighted by Crippen LogP contribution is -2.42.